The molecular formula is C19H24N4O3. The molecule has 2 heterocycles. The van der Waals surface area contributed by atoms with Crippen molar-refractivity contribution in [3.8, 4) is 0 Å². The SMILES string of the molecule is CCNC(=O)C1CCN(C(=O)Cn2cnc3c(C)cccc3c2=O)CC1. The van der Waals surface area contributed by atoms with Crippen molar-refractivity contribution < 1.29 is 9.59 Å². The van der Waals surface area contributed by atoms with E-state index in [0.29, 0.717) is 43.4 Å². The summed E-state index contributed by atoms with van der Waals surface area (Å²) in [4.78, 5) is 43.1. The van der Waals surface area contributed by atoms with E-state index in [9.17, 15) is 14.4 Å². The van der Waals surface area contributed by atoms with Crippen molar-refractivity contribution in [3.63, 3.8) is 0 Å². The van der Waals surface area contributed by atoms with Crippen molar-refractivity contribution in [1.29, 1.82) is 0 Å². The molecule has 0 atom stereocenters. The van der Waals surface area contributed by atoms with Crippen molar-refractivity contribution in [1.82, 2.24) is 19.8 Å². The summed E-state index contributed by atoms with van der Waals surface area (Å²) in [6, 6.07) is 5.46. The number of carbonyl (C=O) groups excluding carboxylic acids is 2. The summed E-state index contributed by atoms with van der Waals surface area (Å²) in [5, 5.41) is 3.36. The fourth-order valence-corrected chi connectivity index (χ4v) is 3.41. The summed E-state index contributed by atoms with van der Waals surface area (Å²) in [5.41, 5.74) is 1.40. The molecule has 7 heteroatoms. The Morgan fingerprint density at radius 2 is 2.00 bits per heavy atom. The van der Waals surface area contributed by atoms with Crippen molar-refractivity contribution in [2.45, 2.75) is 33.2 Å². The first-order valence-corrected chi connectivity index (χ1v) is 9.01. The van der Waals surface area contributed by atoms with Crippen molar-refractivity contribution >= 4 is 22.7 Å². The molecule has 1 aliphatic heterocycles. The number of fused-ring (bicyclic) bond motifs is 1. The van der Waals surface area contributed by atoms with Gasteiger partial charge in [-0.15, -0.1) is 0 Å². The summed E-state index contributed by atoms with van der Waals surface area (Å²) in [6.07, 6.45) is 2.75. The predicted molar refractivity (Wildman–Crippen MR) is 98.7 cm³/mol. The number of benzene rings is 1. The van der Waals surface area contributed by atoms with Gasteiger partial charge in [0.1, 0.15) is 6.54 Å². The highest BCUT2D eigenvalue weighted by atomic mass is 16.2. The highest BCUT2D eigenvalue weighted by Gasteiger charge is 2.27. The molecule has 1 aliphatic rings. The van der Waals surface area contributed by atoms with Crippen LogP contribution in [0.2, 0.25) is 0 Å². The van der Waals surface area contributed by atoms with Gasteiger partial charge in [-0.25, -0.2) is 4.98 Å². The zero-order valence-electron chi connectivity index (χ0n) is 15.2. The van der Waals surface area contributed by atoms with Crippen LogP contribution in [0.15, 0.2) is 29.3 Å². The lowest BCUT2D eigenvalue weighted by atomic mass is 9.96. The lowest BCUT2D eigenvalue weighted by Crippen LogP contribution is -2.44. The van der Waals surface area contributed by atoms with Gasteiger partial charge in [-0.3, -0.25) is 19.0 Å². The largest absolute Gasteiger partial charge is 0.356 e. The Balaban J connectivity index is 1.68. The molecule has 0 unspecified atom stereocenters. The first kappa shape index (κ1) is 18.1. The number of carbonyl (C=O) groups is 2. The topological polar surface area (TPSA) is 84.3 Å². The predicted octanol–water partition coefficient (Wildman–Crippen LogP) is 1.08. The number of likely N-dealkylation sites (tertiary alicyclic amines) is 1. The average Bonchev–Trinajstić information content (AvgIpc) is 2.65. The molecule has 1 saturated heterocycles. The molecule has 1 N–H and O–H groups in total. The highest BCUT2D eigenvalue weighted by molar-refractivity contribution is 5.82. The van der Waals surface area contributed by atoms with Crippen molar-refractivity contribution in [3.05, 3.63) is 40.4 Å². The number of amides is 2. The Kier molecular flexibility index (Phi) is 5.35. The van der Waals surface area contributed by atoms with Crippen LogP contribution in [-0.4, -0.2) is 45.9 Å². The molecule has 1 fully saturated rings. The summed E-state index contributed by atoms with van der Waals surface area (Å²) < 4.78 is 1.36. The summed E-state index contributed by atoms with van der Waals surface area (Å²) in [7, 11) is 0. The van der Waals surface area contributed by atoms with Gasteiger partial charge in [0, 0.05) is 25.6 Å². The lowest BCUT2D eigenvalue weighted by molar-refractivity contribution is -0.136. The Labute approximate surface area is 152 Å². The molecule has 1 aromatic carbocycles. The summed E-state index contributed by atoms with van der Waals surface area (Å²) in [5.74, 6) is -0.0906. The van der Waals surface area contributed by atoms with Crippen LogP contribution in [0.4, 0.5) is 0 Å². The molecular weight excluding hydrogens is 332 g/mol. The van der Waals surface area contributed by atoms with Crippen LogP contribution in [0.5, 0.6) is 0 Å². The molecule has 26 heavy (non-hydrogen) atoms. The van der Waals surface area contributed by atoms with E-state index >= 15 is 0 Å². The van der Waals surface area contributed by atoms with Gasteiger partial charge in [0.2, 0.25) is 11.8 Å². The van der Waals surface area contributed by atoms with Gasteiger partial charge in [0.25, 0.3) is 5.56 Å². The number of hydrogen-bond acceptors (Lipinski definition) is 4. The number of rotatable bonds is 4. The van der Waals surface area contributed by atoms with E-state index in [1.165, 1.54) is 10.9 Å². The number of aryl methyl sites for hydroxylation is 1. The summed E-state index contributed by atoms with van der Waals surface area (Å²) in [6.45, 7) is 5.47. The molecule has 0 radical (unpaired) electrons. The van der Waals surface area contributed by atoms with Gasteiger partial charge >= 0.3 is 0 Å². The van der Waals surface area contributed by atoms with Gasteiger partial charge in [-0.2, -0.15) is 0 Å². The van der Waals surface area contributed by atoms with E-state index < -0.39 is 0 Å². The number of nitrogens with one attached hydrogen (secondary N) is 1. The number of para-hydroxylation sites is 1. The minimum atomic E-state index is -0.204. The highest BCUT2D eigenvalue weighted by Crippen LogP contribution is 2.18. The van der Waals surface area contributed by atoms with E-state index in [4.69, 9.17) is 0 Å². The smallest absolute Gasteiger partial charge is 0.261 e. The lowest BCUT2D eigenvalue weighted by Gasteiger charge is -2.31. The third-order valence-electron chi connectivity index (χ3n) is 4.93. The third kappa shape index (κ3) is 3.61. The molecule has 0 saturated carbocycles. The van der Waals surface area contributed by atoms with Crippen LogP contribution in [0.25, 0.3) is 10.9 Å². The number of aromatic nitrogens is 2. The fraction of sp³-hybridized carbons (Fsp3) is 0.474. The zero-order valence-corrected chi connectivity index (χ0v) is 15.2. The molecule has 3 rings (SSSR count). The minimum Gasteiger partial charge on any atom is -0.356 e. The molecule has 2 amide bonds. The average molecular weight is 356 g/mol. The van der Waals surface area contributed by atoms with E-state index in [1.807, 2.05) is 26.0 Å². The van der Waals surface area contributed by atoms with Gasteiger partial charge < -0.3 is 10.2 Å². The minimum absolute atomic E-state index is 0.0263. The van der Waals surface area contributed by atoms with Crippen LogP contribution in [-0.2, 0) is 16.1 Å². The van der Waals surface area contributed by atoms with Gasteiger partial charge in [0.05, 0.1) is 17.2 Å². The van der Waals surface area contributed by atoms with Crippen molar-refractivity contribution in [2.24, 2.45) is 5.92 Å². The Bertz CT molecular complexity index is 882. The second-order valence-electron chi connectivity index (χ2n) is 6.70. The second-order valence-corrected chi connectivity index (χ2v) is 6.70. The molecule has 0 bridgehead atoms. The molecule has 0 spiro atoms. The molecule has 1 aromatic heterocycles. The standard InChI is InChI=1S/C19H24N4O3/c1-3-20-18(25)14-7-9-22(10-8-14)16(24)11-23-12-21-17-13(2)5-4-6-15(17)19(23)26/h4-6,12,14H,3,7-11H2,1-2H3,(H,20,25). The molecule has 7 nitrogen and oxygen atoms in total. The van der Waals surface area contributed by atoms with E-state index in [2.05, 4.69) is 10.3 Å². The molecule has 138 valence electrons. The first-order valence-electron chi connectivity index (χ1n) is 9.01. The normalized spacial score (nSPS) is 15.2. The number of hydrogen-bond donors (Lipinski definition) is 1. The van der Waals surface area contributed by atoms with Crippen molar-refractivity contribution in [2.75, 3.05) is 19.6 Å². The Morgan fingerprint density at radius 1 is 1.27 bits per heavy atom. The Morgan fingerprint density at radius 3 is 2.69 bits per heavy atom. The maximum Gasteiger partial charge on any atom is 0.261 e. The quantitative estimate of drug-likeness (QED) is 0.888. The van der Waals surface area contributed by atoms with Gasteiger partial charge in [-0.1, -0.05) is 12.1 Å². The van der Waals surface area contributed by atoms with Crippen LogP contribution in [0.3, 0.4) is 0 Å². The van der Waals surface area contributed by atoms with E-state index in [-0.39, 0.29) is 29.8 Å². The second kappa shape index (κ2) is 7.68. The van der Waals surface area contributed by atoms with E-state index in [0.717, 1.165) is 5.56 Å². The third-order valence-corrected chi connectivity index (χ3v) is 4.93. The maximum absolute atomic E-state index is 12.6. The molecule has 0 aliphatic carbocycles. The number of nitrogens with zero attached hydrogens (tertiary/aromatic N) is 3. The summed E-state index contributed by atoms with van der Waals surface area (Å²) >= 11 is 0. The van der Waals surface area contributed by atoms with Gasteiger partial charge in [0.15, 0.2) is 0 Å². The van der Waals surface area contributed by atoms with E-state index in [1.54, 1.807) is 11.0 Å². The number of piperidine rings is 1. The Hall–Kier alpha value is -2.70. The monoisotopic (exact) mass is 356 g/mol. The fourth-order valence-electron chi connectivity index (χ4n) is 3.41. The molecule has 2 aromatic rings. The van der Waals surface area contributed by atoms with Crippen LogP contribution in [0, 0.1) is 12.8 Å². The van der Waals surface area contributed by atoms with Crippen LogP contribution in [0.1, 0.15) is 25.3 Å². The zero-order chi connectivity index (χ0) is 18.7. The first-order chi connectivity index (χ1) is 12.5. The van der Waals surface area contributed by atoms with Crippen LogP contribution < -0.4 is 10.9 Å². The van der Waals surface area contributed by atoms with Gasteiger partial charge in [-0.05, 0) is 38.3 Å². The maximum atomic E-state index is 12.6. The van der Waals surface area contributed by atoms with Crippen LogP contribution >= 0.6 is 0 Å².